The maximum absolute atomic E-state index is 14.0. The van der Waals surface area contributed by atoms with Crippen LogP contribution in [0.15, 0.2) is 48.5 Å². The van der Waals surface area contributed by atoms with Gasteiger partial charge in [0.25, 0.3) is 0 Å². The third-order valence-corrected chi connectivity index (χ3v) is 9.02. The third kappa shape index (κ3) is 11.9. The first-order chi connectivity index (χ1) is 23.3. The number of fused-ring (bicyclic) bond motifs is 4. The number of benzene rings is 2. The lowest BCUT2D eigenvalue weighted by atomic mass is 9.92. The summed E-state index contributed by atoms with van der Waals surface area (Å²) in [7, 11) is 1.46. The van der Waals surface area contributed by atoms with Gasteiger partial charge in [-0.2, -0.15) is 0 Å². The number of ether oxygens (including phenoxy) is 2. The lowest BCUT2D eigenvalue weighted by molar-refractivity contribution is -0.139. The van der Waals surface area contributed by atoms with Crippen LogP contribution < -0.4 is 15.4 Å². The van der Waals surface area contributed by atoms with Crippen LogP contribution in [0.5, 0.6) is 5.75 Å². The van der Waals surface area contributed by atoms with E-state index in [1.807, 2.05) is 55.5 Å². The standard InChI is InChI=1S/C38H52N4O7/c1-26-13-15-32-21-30(26)23-39-36(46)33(16-14-27-10-7-6-8-11-27)40-35(45)29(20-31(43)25-41(5)37(47)49-38(2,3)4)22-34(44)42-18-9-12-28(24-42)17-19-48-32/h6-8,10-11,13,15,21,28-29,33H,9,12,14,16-20,22-25H2,1-5H3,(H,39,46)(H,40,45)/t28?,29-,33-/m0/s1. The molecule has 11 nitrogen and oxygen atoms in total. The Labute approximate surface area is 290 Å². The van der Waals surface area contributed by atoms with Crippen molar-refractivity contribution in [2.45, 2.75) is 90.8 Å². The molecule has 2 aliphatic rings. The van der Waals surface area contributed by atoms with Gasteiger partial charge in [-0.15, -0.1) is 0 Å². The van der Waals surface area contributed by atoms with Crippen LogP contribution in [0.2, 0.25) is 0 Å². The van der Waals surface area contributed by atoms with Gasteiger partial charge < -0.3 is 29.9 Å². The van der Waals surface area contributed by atoms with Crippen LogP contribution in [0.3, 0.4) is 0 Å². The molecule has 49 heavy (non-hydrogen) atoms. The van der Waals surface area contributed by atoms with Gasteiger partial charge in [0.2, 0.25) is 17.7 Å². The lowest BCUT2D eigenvalue weighted by Gasteiger charge is -2.34. The van der Waals surface area contributed by atoms with Gasteiger partial charge in [0.05, 0.1) is 19.1 Å². The lowest BCUT2D eigenvalue weighted by Crippen LogP contribution is -2.50. The summed E-state index contributed by atoms with van der Waals surface area (Å²) in [5.74, 6) is -1.57. The number of piperidine rings is 1. The van der Waals surface area contributed by atoms with Gasteiger partial charge in [-0.25, -0.2) is 4.79 Å². The van der Waals surface area contributed by atoms with Crippen molar-refractivity contribution < 1.29 is 33.4 Å². The minimum Gasteiger partial charge on any atom is -0.494 e. The second-order valence-corrected chi connectivity index (χ2v) is 14.4. The van der Waals surface area contributed by atoms with Crippen molar-refractivity contribution in [3.63, 3.8) is 0 Å². The molecule has 1 saturated heterocycles. The van der Waals surface area contributed by atoms with Crippen LogP contribution in [0.1, 0.15) is 76.0 Å². The Kier molecular flexibility index (Phi) is 13.2. The topological polar surface area (TPSA) is 134 Å². The molecule has 11 heteroatoms. The maximum Gasteiger partial charge on any atom is 0.410 e. The highest BCUT2D eigenvalue weighted by Gasteiger charge is 2.33. The normalized spacial score (nSPS) is 21.0. The van der Waals surface area contributed by atoms with Crippen molar-refractivity contribution >= 4 is 29.6 Å². The van der Waals surface area contributed by atoms with E-state index in [1.54, 1.807) is 25.7 Å². The van der Waals surface area contributed by atoms with Gasteiger partial charge in [-0.3, -0.25) is 19.2 Å². The van der Waals surface area contributed by atoms with E-state index in [0.717, 1.165) is 41.7 Å². The summed E-state index contributed by atoms with van der Waals surface area (Å²) in [6.07, 6.45) is 2.31. The second-order valence-electron chi connectivity index (χ2n) is 14.4. The number of rotatable bonds is 7. The van der Waals surface area contributed by atoms with Gasteiger partial charge in [-0.05, 0) is 94.5 Å². The van der Waals surface area contributed by atoms with Crippen LogP contribution in [0.25, 0.3) is 0 Å². The second kappa shape index (κ2) is 17.3. The molecule has 0 saturated carbocycles. The number of likely N-dealkylation sites (N-methyl/N-ethyl adjacent to an activating group) is 1. The summed E-state index contributed by atoms with van der Waals surface area (Å²) in [6.45, 7) is 8.76. The smallest absolute Gasteiger partial charge is 0.410 e. The van der Waals surface area contributed by atoms with Crippen molar-refractivity contribution in [2.24, 2.45) is 11.8 Å². The van der Waals surface area contributed by atoms with Gasteiger partial charge in [0.15, 0.2) is 5.78 Å². The number of hydrogen-bond acceptors (Lipinski definition) is 7. The summed E-state index contributed by atoms with van der Waals surface area (Å²) in [5.41, 5.74) is 2.18. The average molecular weight is 677 g/mol. The molecular formula is C38H52N4O7. The zero-order chi connectivity index (χ0) is 35.6. The first-order valence-corrected chi connectivity index (χ1v) is 17.4. The molecule has 4 bridgehead atoms. The fourth-order valence-electron chi connectivity index (χ4n) is 6.22. The maximum atomic E-state index is 14.0. The Morgan fingerprint density at radius 2 is 1.80 bits per heavy atom. The summed E-state index contributed by atoms with van der Waals surface area (Å²) >= 11 is 0. The molecule has 2 heterocycles. The number of ketones is 1. The molecule has 0 aliphatic carbocycles. The van der Waals surface area contributed by atoms with Gasteiger partial charge in [0, 0.05) is 39.5 Å². The average Bonchev–Trinajstić information content (AvgIpc) is 3.05. The molecule has 0 spiro atoms. The number of aryl methyl sites for hydroxylation is 2. The van der Waals surface area contributed by atoms with E-state index in [1.165, 1.54) is 11.9 Å². The Bertz CT molecular complexity index is 1470. The monoisotopic (exact) mass is 676 g/mol. The quantitative estimate of drug-likeness (QED) is 0.439. The molecule has 2 aliphatic heterocycles. The zero-order valence-corrected chi connectivity index (χ0v) is 29.6. The number of nitrogens with one attached hydrogen (secondary N) is 2. The van der Waals surface area contributed by atoms with Crippen LogP contribution in [0, 0.1) is 18.8 Å². The Morgan fingerprint density at radius 1 is 1.04 bits per heavy atom. The van der Waals surface area contributed by atoms with E-state index in [2.05, 4.69) is 10.6 Å². The Morgan fingerprint density at radius 3 is 2.53 bits per heavy atom. The predicted octanol–water partition coefficient (Wildman–Crippen LogP) is 4.58. The number of amides is 4. The predicted molar refractivity (Wildman–Crippen MR) is 186 cm³/mol. The Balaban J connectivity index is 1.58. The van der Waals surface area contributed by atoms with Crippen molar-refractivity contribution in [2.75, 3.05) is 33.3 Å². The molecule has 2 N–H and O–H groups in total. The minimum absolute atomic E-state index is 0.187. The summed E-state index contributed by atoms with van der Waals surface area (Å²) < 4.78 is 11.5. The van der Waals surface area contributed by atoms with E-state index in [-0.39, 0.29) is 43.7 Å². The van der Waals surface area contributed by atoms with E-state index in [0.29, 0.717) is 32.5 Å². The molecular weight excluding hydrogens is 624 g/mol. The summed E-state index contributed by atoms with van der Waals surface area (Å²) in [5, 5.41) is 5.89. The number of Topliss-reactive ketones (excluding diaryl/α,β-unsaturated/α-hetero) is 1. The zero-order valence-electron chi connectivity index (χ0n) is 29.6. The number of nitrogens with zero attached hydrogens (tertiary/aromatic N) is 2. The highest BCUT2D eigenvalue weighted by atomic mass is 16.6. The summed E-state index contributed by atoms with van der Waals surface area (Å²) in [6, 6.07) is 14.6. The van der Waals surface area contributed by atoms with Crippen molar-refractivity contribution in [3.8, 4) is 5.75 Å². The SMILES string of the molecule is Cc1ccc2cc1CNC(=O)[C@H](CCc1ccccc1)NC(=O)[C@@H](CC(=O)CN(C)C(=O)OC(C)(C)C)CC(=O)N1CCCC(CCO2)C1. The molecule has 1 fully saturated rings. The van der Waals surface area contributed by atoms with Crippen LogP contribution in [-0.2, 0) is 36.9 Å². The molecule has 1 unspecified atom stereocenters. The molecule has 2 aromatic rings. The van der Waals surface area contributed by atoms with Crippen LogP contribution >= 0.6 is 0 Å². The van der Waals surface area contributed by atoms with Gasteiger partial charge >= 0.3 is 6.09 Å². The largest absolute Gasteiger partial charge is 0.494 e. The number of carbonyl (C=O) groups excluding carboxylic acids is 5. The Hall–Kier alpha value is -4.41. The highest BCUT2D eigenvalue weighted by molar-refractivity contribution is 5.94. The van der Waals surface area contributed by atoms with E-state index < -0.39 is 35.3 Å². The molecule has 4 rings (SSSR count). The van der Waals surface area contributed by atoms with Gasteiger partial charge in [-0.1, -0.05) is 36.4 Å². The van der Waals surface area contributed by atoms with Crippen LogP contribution in [0.4, 0.5) is 4.79 Å². The first kappa shape index (κ1) is 37.4. The van der Waals surface area contributed by atoms with Crippen molar-refractivity contribution in [1.29, 1.82) is 0 Å². The van der Waals surface area contributed by atoms with E-state index in [4.69, 9.17) is 9.47 Å². The molecule has 0 aromatic heterocycles. The molecule has 266 valence electrons. The van der Waals surface area contributed by atoms with E-state index >= 15 is 0 Å². The summed E-state index contributed by atoms with van der Waals surface area (Å²) in [4.78, 5) is 70.2. The molecule has 2 aromatic carbocycles. The molecule has 4 amide bonds. The fraction of sp³-hybridized carbons (Fsp3) is 0.553. The van der Waals surface area contributed by atoms with E-state index in [9.17, 15) is 24.0 Å². The van der Waals surface area contributed by atoms with Crippen LogP contribution in [-0.4, -0.2) is 84.3 Å². The van der Waals surface area contributed by atoms with Crippen molar-refractivity contribution in [3.05, 3.63) is 65.2 Å². The molecule has 0 radical (unpaired) electrons. The number of carbonyl (C=O) groups is 5. The van der Waals surface area contributed by atoms with Gasteiger partial charge in [0.1, 0.15) is 17.4 Å². The fourth-order valence-corrected chi connectivity index (χ4v) is 6.22. The highest BCUT2D eigenvalue weighted by Crippen LogP contribution is 2.24. The van der Waals surface area contributed by atoms with Crippen molar-refractivity contribution in [1.82, 2.24) is 20.4 Å². The third-order valence-electron chi connectivity index (χ3n) is 9.02. The minimum atomic E-state index is -1.03. The number of hydrogen-bond donors (Lipinski definition) is 2. The molecule has 3 atom stereocenters. The first-order valence-electron chi connectivity index (χ1n) is 17.4.